The maximum Gasteiger partial charge on any atom is 0.307 e. The normalized spacial score (nSPS) is 20.0. The van der Waals surface area contributed by atoms with Crippen molar-refractivity contribution in [2.45, 2.75) is 97.4 Å². The number of hydrogen-bond donors (Lipinski definition) is 1. The van der Waals surface area contributed by atoms with Crippen LogP contribution in [0, 0.1) is 23.7 Å². The number of amides is 1. The van der Waals surface area contributed by atoms with Crippen LogP contribution in [-0.2, 0) is 25.5 Å². The molecule has 0 spiro atoms. The molecule has 0 radical (unpaired) electrons. The maximum absolute atomic E-state index is 13.1. The zero-order chi connectivity index (χ0) is 30.0. The minimum absolute atomic E-state index is 0.0324. The summed E-state index contributed by atoms with van der Waals surface area (Å²) in [5.74, 6) is -0.880. The average molecular weight is 559 g/mol. The quantitative estimate of drug-likeness (QED) is 0.257. The number of ether oxygens (including phenoxy) is 2. The number of methoxy groups -OCH3 is 2. The fraction of sp³-hybridized carbons (Fsp3) is 0.697. The number of carboxylic acids is 1. The molecule has 1 fully saturated rings. The van der Waals surface area contributed by atoms with Gasteiger partial charge in [-0.2, -0.15) is 0 Å². The molecule has 2 rings (SSSR count). The summed E-state index contributed by atoms with van der Waals surface area (Å²) in [4.78, 5) is 29.6. The maximum atomic E-state index is 13.1. The molecule has 7 heteroatoms. The highest BCUT2D eigenvalue weighted by Gasteiger charge is 2.41. The molecule has 5 unspecified atom stereocenters. The molecule has 1 heterocycles. The molecule has 7 nitrogen and oxygen atoms in total. The van der Waals surface area contributed by atoms with Gasteiger partial charge in [-0.25, -0.2) is 0 Å². The summed E-state index contributed by atoms with van der Waals surface area (Å²) in [5, 5.41) is 10.2. The highest BCUT2D eigenvalue weighted by molar-refractivity contribution is 5.76. The molecule has 0 aliphatic carbocycles. The van der Waals surface area contributed by atoms with Gasteiger partial charge in [0.25, 0.3) is 0 Å². The molecular weight excluding hydrogens is 504 g/mol. The SMILES string of the molecule is C=C(CC(OC)[C@H](C(C)CC)N(C)C(=O)CC(C)C)N1CCCC1C(OC)C(C)[C@H](Cc1ccccc1)C(=O)O. The van der Waals surface area contributed by atoms with Gasteiger partial charge in [0.05, 0.1) is 30.2 Å². The van der Waals surface area contributed by atoms with Crippen LogP contribution in [0.25, 0.3) is 0 Å². The van der Waals surface area contributed by atoms with Crippen molar-refractivity contribution in [1.29, 1.82) is 0 Å². The second-order valence-electron chi connectivity index (χ2n) is 12.1. The highest BCUT2D eigenvalue weighted by Crippen LogP contribution is 2.35. The van der Waals surface area contributed by atoms with E-state index >= 15 is 0 Å². The summed E-state index contributed by atoms with van der Waals surface area (Å²) in [6, 6.07) is 9.76. The molecule has 1 amide bonds. The Morgan fingerprint density at radius 2 is 1.75 bits per heavy atom. The molecule has 1 N–H and O–H groups in total. The van der Waals surface area contributed by atoms with Gasteiger partial charge in [0.1, 0.15) is 0 Å². The monoisotopic (exact) mass is 558 g/mol. The number of nitrogens with zero attached hydrogens (tertiary/aromatic N) is 2. The largest absolute Gasteiger partial charge is 0.481 e. The van der Waals surface area contributed by atoms with Crippen molar-refractivity contribution in [2.24, 2.45) is 23.7 Å². The topological polar surface area (TPSA) is 79.3 Å². The van der Waals surface area contributed by atoms with E-state index in [9.17, 15) is 14.7 Å². The van der Waals surface area contributed by atoms with Crippen LogP contribution in [0.15, 0.2) is 42.6 Å². The zero-order valence-corrected chi connectivity index (χ0v) is 26.1. The lowest BCUT2D eigenvalue weighted by molar-refractivity contribution is -0.146. The van der Waals surface area contributed by atoms with Gasteiger partial charge >= 0.3 is 5.97 Å². The van der Waals surface area contributed by atoms with Gasteiger partial charge in [-0.1, -0.05) is 78.0 Å². The van der Waals surface area contributed by atoms with Gasteiger partial charge in [-0.3, -0.25) is 9.59 Å². The van der Waals surface area contributed by atoms with Crippen molar-refractivity contribution in [3.8, 4) is 0 Å². The van der Waals surface area contributed by atoms with Gasteiger partial charge < -0.3 is 24.4 Å². The number of rotatable bonds is 17. The van der Waals surface area contributed by atoms with E-state index in [1.165, 1.54) is 0 Å². The number of likely N-dealkylation sites (N-methyl/N-ethyl adjacent to an activating group) is 1. The molecule has 226 valence electrons. The molecule has 1 aliphatic rings. The van der Waals surface area contributed by atoms with Crippen LogP contribution in [0.1, 0.15) is 72.3 Å². The third-order valence-corrected chi connectivity index (χ3v) is 8.90. The Kier molecular flexibility index (Phi) is 13.7. The van der Waals surface area contributed by atoms with E-state index in [4.69, 9.17) is 9.47 Å². The number of carbonyl (C=O) groups is 2. The number of likely N-dealkylation sites (tertiary alicyclic amines) is 1. The molecule has 1 aliphatic heterocycles. The molecule has 1 saturated heterocycles. The lowest BCUT2D eigenvalue weighted by Gasteiger charge is -2.41. The van der Waals surface area contributed by atoms with Gasteiger partial charge in [0, 0.05) is 46.4 Å². The van der Waals surface area contributed by atoms with E-state index in [0.717, 1.165) is 37.1 Å². The van der Waals surface area contributed by atoms with Crippen molar-refractivity contribution in [2.75, 3.05) is 27.8 Å². The van der Waals surface area contributed by atoms with E-state index in [1.54, 1.807) is 14.2 Å². The van der Waals surface area contributed by atoms with Gasteiger partial charge in [0.2, 0.25) is 5.91 Å². The Balaban J connectivity index is 2.24. The lowest BCUT2D eigenvalue weighted by Crippen LogP contribution is -2.51. The van der Waals surface area contributed by atoms with Gasteiger partial charge in [-0.15, -0.1) is 0 Å². The summed E-state index contributed by atoms with van der Waals surface area (Å²) in [6.07, 6.45) is 3.95. The molecule has 0 saturated carbocycles. The minimum Gasteiger partial charge on any atom is -0.481 e. The van der Waals surface area contributed by atoms with E-state index in [-0.39, 0.29) is 42.0 Å². The number of aliphatic carboxylic acids is 1. The van der Waals surface area contributed by atoms with Crippen LogP contribution in [0.3, 0.4) is 0 Å². The second kappa shape index (κ2) is 16.2. The van der Waals surface area contributed by atoms with Crippen molar-refractivity contribution < 1.29 is 24.2 Å². The van der Waals surface area contributed by atoms with Crippen molar-refractivity contribution >= 4 is 11.9 Å². The standard InChI is InChI=1S/C33H54N2O5/c1-10-23(4)31(34(7)30(36)19-22(2)3)29(39-8)20-24(5)35-18-14-17-28(35)32(40-9)25(6)27(33(37)38)21-26-15-12-11-13-16-26/h11-13,15-16,22-23,25,27-29,31-32H,5,10,14,17-21H2,1-4,6-9H3,(H,37,38)/t23?,25?,27-,28?,29?,31-,32?/m0/s1. The number of hydrogen-bond acceptors (Lipinski definition) is 5. The predicted molar refractivity (Wildman–Crippen MR) is 161 cm³/mol. The Bertz CT molecular complexity index is 936. The zero-order valence-electron chi connectivity index (χ0n) is 26.1. The van der Waals surface area contributed by atoms with Crippen LogP contribution in [-0.4, -0.2) is 78.9 Å². The Morgan fingerprint density at radius 1 is 1.10 bits per heavy atom. The number of carboxylic acid groups (broad SMARTS) is 1. The molecule has 0 bridgehead atoms. The van der Waals surface area contributed by atoms with Crippen LogP contribution in [0.5, 0.6) is 0 Å². The Morgan fingerprint density at radius 3 is 2.27 bits per heavy atom. The van der Waals surface area contributed by atoms with Crippen molar-refractivity contribution in [1.82, 2.24) is 9.80 Å². The van der Waals surface area contributed by atoms with Crippen LogP contribution in [0.4, 0.5) is 0 Å². The number of benzene rings is 1. The third-order valence-electron chi connectivity index (χ3n) is 8.90. The first-order chi connectivity index (χ1) is 19.0. The predicted octanol–water partition coefficient (Wildman–Crippen LogP) is 5.88. The molecular formula is C33H54N2O5. The number of carbonyl (C=O) groups excluding carboxylic acids is 1. The average Bonchev–Trinajstić information content (AvgIpc) is 3.40. The van der Waals surface area contributed by atoms with E-state index in [1.807, 2.05) is 49.2 Å². The van der Waals surface area contributed by atoms with Gasteiger partial charge in [0.15, 0.2) is 0 Å². The van der Waals surface area contributed by atoms with Crippen LogP contribution >= 0.6 is 0 Å². The van der Waals surface area contributed by atoms with Crippen molar-refractivity contribution in [3.63, 3.8) is 0 Å². The van der Waals surface area contributed by atoms with E-state index < -0.39 is 11.9 Å². The highest BCUT2D eigenvalue weighted by atomic mass is 16.5. The second-order valence-corrected chi connectivity index (χ2v) is 12.1. The first kappa shape index (κ1) is 33.8. The van der Waals surface area contributed by atoms with E-state index in [2.05, 4.69) is 39.2 Å². The van der Waals surface area contributed by atoms with Crippen LogP contribution < -0.4 is 0 Å². The Labute approximate surface area is 242 Å². The fourth-order valence-electron chi connectivity index (χ4n) is 6.44. The minimum atomic E-state index is -0.799. The molecule has 40 heavy (non-hydrogen) atoms. The summed E-state index contributed by atoms with van der Waals surface area (Å²) in [7, 11) is 5.31. The Hall–Kier alpha value is -2.38. The summed E-state index contributed by atoms with van der Waals surface area (Å²) >= 11 is 0. The summed E-state index contributed by atoms with van der Waals surface area (Å²) in [5.41, 5.74) is 1.97. The first-order valence-corrected chi connectivity index (χ1v) is 15.0. The molecule has 1 aromatic rings. The summed E-state index contributed by atoms with van der Waals surface area (Å²) < 4.78 is 12.1. The first-order valence-electron chi connectivity index (χ1n) is 15.0. The lowest BCUT2D eigenvalue weighted by atomic mass is 9.81. The summed E-state index contributed by atoms with van der Waals surface area (Å²) in [6.45, 7) is 15.8. The smallest absolute Gasteiger partial charge is 0.307 e. The third kappa shape index (κ3) is 8.81. The molecule has 7 atom stereocenters. The van der Waals surface area contributed by atoms with Gasteiger partial charge in [-0.05, 0) is 42.6 Å². The fourth-order valence-corrected chi connectivity index (χ4v) is 6.44. The van der Waals surface area contributed by atoms with Crippen LogP contribution in [0.2, 0.25) is 0 Å². The molecule has 1 aromatic carbocycles. The van der Waals surface area contributed by atoms with Crippen molar-refractivity contribution in [3.05, 3.63) is 48.2 Å². The van der Waals surface area contributed by atoms with E-state index in [0.29, 0.717) is 25.2 Å². The molecule has 0 aromatic heterocycles.